The highest BCUT2D eigenvalue weighted by molar-refractivity contribution is 6.31. The average molecular weight is 296 g/mol. The van der Waals surface area contributed by atoms with Gasteiger partial charge in [0.25, 0.3) is 6.43 Å². The van der Waals surface area contributed by atoms with E-state index >= 15 is 0 Å². The fourth-order valence-electron chi connectivity index (χ4n) is 1.57. The maximum Gasteiger partial charge on any atom is 0.255 e. The molecule has 0 bridgehead atoms. The number of amides is 1. The molecule has 0 aromatic heterocycles. The first-order chi connectivity index (χ1) is 8.95. The van der Waals surface area contributed by atoms with Crippen molar-refractivity contribution in [3.8, 4) is 0 Å². The van der Waals surface area contributed by atoms with E-state index in [1.54, 1.807) is 0 Å². The summed E-state index contributed by atoms with van der Waals surface area (Å²) in [4.78, 5) is 12.6. The number of rotatable bonds is 6. The zero-order valence-electron chi connectivity index (χ0n) is 9.95. The molecule has 0 atom stereocenters. The monoisotopic (exact) mass is 295 g/mol. The second kappa shape index (κ2) is 7.35. The van der Waals surface area contributed by atoms with Crippen LogP contribution in [0.3, 0.4) is 0 Å². The van der Waals surface area contributed by atoms with E-state index < -0.39 is 37.7 Å². The van der Waals surface area contributed by atoms with Crippen LogP contribution in [-0.4, -0.2) is 42.0 Å². The van der Waals surface area contributed by atoms with Crippen LogP contribution >= 0.6 is 11.6 Å². The first-order valence-corrected chi connectivity index (χ1v) is 5.93. The second-order valence-corrected chi connectivity index (χ2v) is 4.24. The van der Waals surface area contributed by atoms with E-state index in [4.69, 9.17) is 16.7 Å². The standard InChI is InChI=1S/C12H13ClF3NO2/c13-9-2-1-3-10(14)8(9)6-12(19)17(4-5-18)7-11(15)16/h1-3,11,18H,4-7H2. The molecule has 7 heteroatoms. The predicted octanol–water partition coefficient (Wildman–Crippen LogP) is 2.11. The number of benzene rings is 1. The van der Waals surface area contributed by atoms with Crippen LogP contribution in [0.4, 0.5) is 13.2 Å². The molecule has 3 nitrogen and oxygen atoms in total. The lowest BCUT2D eigenvalue weighted by Gasteiger charge is -2.21. The Bertz CT molecular complexity index is 423. The van der Waals surface area contributed by atoms with Crippen LogP contribution in [0.15, 0.2) is 18.2 Å². The summed E-state index contributed by atoms with van der Waals surface area (Å²) in [6.07, 6.45) is -3.13. The average Bonchev–Trinajstić information content (AvgIpc) is 2.32. The molecule has 19 heavy (non-hydrogen) atoms. The molecule has 1 aromatic carbocycles. The van der Waals surface area contributed by atoms with E-state index in [2.05, 4.69) is 0 Å². The molecule has 1 rings (SSSR count). The second-order valence-electron chi connectivity index (χ2n) is 3.83. The molecule has 0 radical (unpaired) electrons. The van der Waals surface area contributed by atoms with Crippen LogP contribution in [-0.2, 0) is 11.2 Å². The van der Waals surface area contributed by atoms with Gasteiger partial charge in [-0.3, -0.25) is 4.79 Å². The first-order valence-electron chi connectivity index (χ1n) is 5.55. The van der Waals surface area contributed by atoms with Crippen molar-refractivity contribution in [3.63, 3.8) is 0 Å². The van der Waals surface area contributed by atoms with Crippen molar-refractivity contribution >= 4 is 17.5 Å². The van der Waals surface area contributed by atoms with Crippen LogP contribution in [0.25, 0.3) is 0 Å². The molecule has 0 unspecified atom stereocenters. The Morgan fingerprint density at radius 3 is 2.63 bits per heavy atom. The van der Waals surface area contributed by atoms with E-state index in [0.717, 1.165) is 11.0 Å². The fourth-order valence-corrected chi connectivity index (χ4v) is 1.80. The van der Waals surface area contributed by atoms with E-state index in [-0.39, 0.29) is 17.1 Å². The zero-order chi connectivity index (χ0) is 14.4. The van der Waals surface area contributed by atoms with Gasteiger partial charge in [0, 0.05) is 17.1 Å². The Hall–Kier alpha value is -1.27. The summed E-state index contributed by atoms with van der Waals surface area (Å²) in [6.45, 7) is -1.47. The summed E-state index contributed by atoms with van der Waals surface area (Å²) in [6, 6.07) is 3.94. The Morgan fingerprint density at radius 2 is 2.11 bits per heavy atom. The molecule has 0 saturated heterocycles. The van der Waals surface area contributed by atoms with E-state index in [1.165, 1.54) is 12.1 Å². The molecule has 1 amide bonds. The lowest BCUT2D eigenvalue weighted by atomic mass is 10.1. The van der Waals surface area contributed by atoms with Gasteiger partial charge in [0.1, 0.15) is 5.82 Å². The Morgan fingerprint density at radius 1 is 1.42 bits per heavy atom. The smallest absolute Gasteiger partial charge is 0.255 e. The topological polar surface area (TPSA) is 40.5 Å². The first kappa shape index (κ1) is 15.8. The van der Waals surface area contributed by atoms with Gasteiger partial charge in [-0.2, -0.15) is 0 Å². The molecule has 106 valence electrons. The van der Waals surface area contributed by atoms with Gasteiger partial charge >= 0.3 is 0 Å². The zero-order valence-corrected chi connectivity index (χ0v) is 10.7. The summed E-state index contributed by atoms with van der Waals surface area (Å²) in [5.41, 5.74) is -0.0358. The van der Waals surface area contributed by atoms with Crippen molar-refractivity contribution in [1.82, 2.24) is 4.90 Å². The fraction of sp³-hybridized carbons (Fsp3) is 0.417. The molecule has 0 fully saturated rings. The van der Waals surface area contributed by atoms with E-state index in [9.17, 15) is 18.0 Å². The van der Waals surface area contributed by atoms with Crippen LogP contribution in [0, 0.1) is 5.82 Å². The molecule has 0 heterocycles. The van der Waals surface area contributed by atoms with Crippen LogP contribution in [0.1, 0.15) is 5.56 Å². The minimum Gasteiger partial charge on any atom is -0.395 e. The molecule has 0 aliphatic carbocycles. The van der Waals surface area contributed by atoms with Crippen molar-refractivity contribution in [2.75, 3.05) is 19.7 Å². The third-order valence-corrected chi connectivity index (χ3v) is 2.82. The van der Waals surface area contributed by atoms with Gasteiger partial charge in [-0.1, -0.05) is 17.7 Å². The third kappa shape index (κ3) is 4.72. The number of carbonyl (C=O) groups is 1. The number of halogens is 4. The van der Waals surface area contributed by atoms with Crippen molar-refractivity contribution < 1.29 is 23.1 Å². The normalized spacial score (nSPS) is 10.8. The maximum absolute atomic E-state index is 13.5. The number of hydrogen-bond donors (Lipinski definition) is 1. The van der Waals surface area contributed by atoms with Gasteiger partial charge in [0.15, 0.2) is 0 Å². The number of nitrogens with zero attached hydrogens (tertiary/aromatic N) is 1. The van der Waals surface area contributed by atoms with Crippen molar-refractivity contribution in [3.05, 3.63) is 34.6 Å². The number of hydrogen-bond acceptors (Lipinski definition) is 2. The highest BCUT2D eigenvalue weighted by atomic mass is 35.5. The van der Waals surface area contributed by atoms with Gasteiger partial charge in [0.2, 0.25) is 5.91 Å². The summed E-state index contributed by atoms with van der Waals surface area (Å²) < 4.78 is 38.1. The number of aliphatic hydroxyl groups excluding tert-OH is 1. The maximum atomic E-state index is 13.5. The van der Waals surface area contributed by atoms with Gasteiger partial charge in [-0.15, -0.1) is 0 Å². The summed E-state index contributed by atoms with van der Waals surface area (Å²) in [5, 5.41) is 8.80. The molecular formula is C12H13ClF3NO2. The van der Waals surface area contributed by atoms with Crippen LogP contribution < -0.4 is 0 Å². The Balaban J connectivity index is 2.81. The molecule has 0 aliphatic heterocycles. The highest BCUT2D eigenvalue weighted by Gasteiger charge is 2.20. The van der Waals surface area contributed by atoms with Crippen molar-refractivity contribution in [2.24, 2.45) is 0 Å². The predicted molar refractivity (Wildman–Crippen MR) is 64.8 cm³/mol. The highest BCUT2D eigenvalue weighted by Crippen LogP contribution is 2.20. The minimum absolute atomic E-state index is 0.0358. The van der Waals surface area contributed by atoms with Gasteiger partial charge in [0.05, 0.1) is 19.6 Å². The summed E-state index contributed by atoms with van der Waals surface area (Å²) in [5.74, 6) is -1.37. The number of aliphatic hydroxyl groups is 1. The Kier molecular flexibility index (Phi) is 6.11. The van der Waals surface area contributed by atoms with E-state index in [0.29, 0.717) is 0 Å². The van der Waals surface area contributed by atoms with Gasteiger partial charge in [-0.05, 0) is 12.1 Å². The molecule has 0 aliphatic rings. The largest absolute Gasteiger partial charge is 0.395 e. The van der Waals surface area contributed by atoms with Gasteiger partial charge in [-0.25, -0.2) is 13.2 Å². The summed E-state index contributed by atoms with van der Waals surface area (Å²) in [7, 11) is 0. The van der Waals surface area contributed by atoms with Crippen molar-refractivity contribution in [2.45, 2.75) is 12.8 Å². The number of alkyl halides is 2. The van der Waals surface area contributed by atoms with Gasteiger partial charge < -0.3 is 10.0 Å². The minimum atomic E-state index is -2.72. The Labute approximate surface area is 113 Å². The quantitative estimate of drug-likeness (QED) is 0.873. The van der Waals surface area contributed by atoms with E-state index in [1.807, 2.05) is 0 Å². The van der Waals surface area contributed by atoms with Crippen molar-refractivity contribution in [1.29, 1.82) is 0 Å². The number of carbonyl (C=O) groups excluding carboxylic acids is 1. The SMILES string of the molecule is O=C(Cc1c(F)cccc1Cl)N(CCO)CC(F)F. The molecule has 1 aromatic rings. The molecular weight excluding hydrogens is 283 g/mol. The van der Waals surface area contributed by atoms with Crippen LogP contribution in [0.5, 0.6) is 0 Å². The van der Waals surface area contributed by atoms with Crippen LogP contribution in [0.2, 0.25) is 5.02 Å². The molecule has 0 spiro atoms. The third-order valence-electron chi connectivity index (χ3n) is 2.47. The molecule has 1 N–H and O–H groups in total. The lowest BCUT2D eigenvalue weighted by molar-refractivity contribution is -0.133. The summed E-state index contributed by atoms with van der Waals surface area (Å²) >= 11 is 5.75. The molecule has 0 saturated carbocycles. The lowest BCUT2D eigenvalue weighted by Crippen LogP contribution is -2.38.